The van der Waals surface area contributed by atoms with E-state index < -0.39 is 21.2 Å². The zero-order valence-corrected chi connectivity index (χ0v) is 22.1. The third-order valence-electron chi connectivity index (χ3n) is 5.36. The number of aromatic nitrogens is 3. The summed E-state index contributed by atoms with van der Waals surface area (Å²) in [5.74, 6) is 1.08. The highest BCUT2D eigenvalue weighted by atomic mass is 79.9. The van der Waals surface area contributed by atoms with Crippen molar-refractivity contribution in [1.82, 2.24) is 13.9 Å². The predicted octanol–water partition coefficient (Wildman–Crippen LogP) is 4.37. The number of ether oxygens (including phenoxy) is 2. The number of nitrogens with zero attached hydrogens (tertiary/aromatic N) is 3. The molecule has 0 radical (unpaired) electrons. The van der Waals surface area contributed by atoms with Crippen molar-refractivity contribution in [2.45, 2.75) is 29.7 Å². The molecule has 2 heterocycles. The van der Waals surface area contributed by atoms with Crippen LogP contribution in [0.2, 0.25) is 0 Å². The summed E-state index contributed by atoms with van der Waals surface area (Å²) in [7, 11) is -1.07. The number of imidazole rings is 1. The molecule has 0 aliphatic heterocycles. The molecule has 1 unspecified atom stereocenters. The van der Waals surface area contributed by atoms with Gasteiger partial charge in [-0.15, -0.1) is 0 Å². The van der Waals surface area contributed by atoms with E-state index in [9.17, 15) is 13.0 Å². The molecule has 0 aliphatic carbocycles. The Morgan fingerprint density at radius 3 is 2.44 bits per heavy atom. The van der Waals surface area contributed by atoms with Crippen LogP contribution in [0.4, 0.5) is 0 Å². The number of pyridine rings is 1. The number of benzene rings is 2. The van der Waals surface area contributed by atoms with Gasteiger partial charge in [0.1, 0.15) is 11.5 Å². The first-order valence-corrected chi connectivity index (χ1v) is 13.7. The van der Waals surface area contributed by atoms with E-state index in [0.717, 1.165) is 19.6 Å². The summed E-state index contributed by atoms with van der Waals surface area (Å²) >= 11 is 1.49. The van der Waals surface area contributed by atoms with E-state index in [4.69, 9.17) is 9.47 Å². The zero-order valence-electron chi connectivity index (χ0n) is 18.9. The third kappa shape index (κ3) is 4.40. The lowest BCUT2D eigenvalue weighted by Crippen LogP contribution is -2.20. The number of fused-ring (bicyclic) bond motifs is 1. The van der Waals surface area contributed by atoms with Gasteiger partial charge in [0.2, 0.25) is 0 Å². The Kier molecular flexibility index (Phi) is 6.90. The van der Waals surface area contributed by atoms with Gasteiger partial charge in [-0.2, -0.15) is 8.96 Å². The molecular formula is C23H22BrN3O5S2. The fraction of sp³-hybridized carbons (Fsp3) is 0.217. The van der Waals surface area contributed by atoms with Crippen molar-refractivity contribution in [1.29, 1.82) is 0 Å². The smallest absolute Gasteiger partial charge is 0.338 e. The number of hydrogen-bond acceptors (Lipinski definition) is 7. The lowest BCUT2D eigenvalue weighted by molar-refractivity contribution is 0.407. The highest BCUT2D eigenvalue weighted by Crippen LogP contribution is 2.32. The van der Waals surface area contributed by atoms with Gasteiger partial charge in [-0.25, -0.2) is 8.42 Å². The van der Waals surface area contributed by atoms with Crippen LogP contribution in [0.5, 0.6) is 11.5 Å². The molecule has 0 fully saturated rings. The van der Waals surface area contributed by atoms with Gasteiger partial charge in [-0.3, -0.25) is 4.98 Å². The number of aryl methyl sites for hydroxylation is 1. The summed E-state index contributed by atoms with van der Waals surface area (Å²) in [6.07, 6.45) is 1.64. The van der Waals surface area contributed by atoms with Gasteiger partial charge in [0, 0.05) is 39.0 Å². The number of hydrogen-bond donors (Lipinski definition) is 0. The molecule has 0 bridgehead atoms. The molecule has 34 heavy (non-hydrogen) atoms. The highest BCUT2D eigenvalue weighted by molar-refractivity contribution is 9.10. The molecule has 0 saturated carbocycles. The first-order valence-electron chi connectivity index (χ1n) is 10.1. The molecule has 0 N–H and O–H groups in total. The van der Waals surface area contributed by atoms with Crippen LogP contribution < -0.4 is 9.47 Å². The minimum Gasteiger partial charge on any atom is -0.609 e. The van der Waals surface area contributed by atoms with E-state index in [2.05, 4.69) is 25.9 Å². The number of rotatable bonds is 7. The normalized spacial score (nSPS) is 12.6. The number of methoxy groups -OCH3 is 2. The molecule has 4 rings (SSSR count). The Bertz CT molecular complexity index is 1470. The molecule has 11 heteroatoms. The van der Waals surface area contributed by atoms with Crippen LogP contribution in [-0.2, 0) is 27.0 Å². The van der Waals surface area contributed by atoms with Crippen molar-refractivity contribution >= 4 is 48.2 Å². The SMILES string of the molecule is COc1ccc2nc([S+]([O-])Cc3ncc(C)c(OC)c3C)n(S(=O)(=O)c3ccc(Br)cc3)c2c1. The van der Waals surface area contributed by atoms with Gasteiger partial charge in [-0.05, 0) is 50.2 Å². The van der Waals surface area contributed by atoms with Gasteiger partial charge >= 0.3 is 5.16 Å². The van der Waals surface area contributed by atoms with Gasteiger partial charge < -0.3 is 14.0 Å². The van der Waals surface area contributed by atoms with Crippen molar-refractivity contribution in [2.24, 2.45) is 0 Å². The summed E-state index contributed by atoms with van der Waals surface area (Å²) in [6, 6.07) is 11.1. The van der Waals surface area contributed by atoms with E-state index in [1.807, 2.05) is 13.8 Å². The van der Waals surface area contributed by atoms with Crippen molar-refractivity contribution in [3.8, 4) is 11.5 Å². The lowest BCUT2D eigenvalue weighted by atomic mass is 10.1. The second kappa shape index (κ2) is 9.57. The molecule has 2 aromatic heterocycles. The van der Waals surface area contributed by atoms with Crippen LogP contribution >= 0.6 is 15.9 Å². The Hall–Kier alpha value is -2.60. The lowest BCUT2D eigenvalue weighted by Gasteiger charge is -2.15. The monoisotopic (exact) mass is 563 g/mol. The maximum Gasteiger partial charge on any atom is 0.338 e. The van der Waals surface area contributed by atoms with Crippen LogP contribution in [0.15, 0.2) is 63.2 Å². The average Bonchev–Trinajstić information content (AvgIpc) is 3.21. The maximum atomic E-state index is 13.7. The van der Waals surface area contributed by atoms with E-state index in [0.29, 0.717) is 22.7 Å². The predicted molar refractivity (Wildman–Crippen MR) is 133 cm³/mol. The van der Waals surface area contributed by atoms with Crippen molar-refractivity contribution in [3.05, 3.63) is 70.0 Å². The standard InChI is InChI=1S/C23H22BrN3O5S2/c1-14-12-25-20(15(2)22(14)32-4)13-33(28)23-26-19-10-7-17(31-3)11-21(19)27(23)34(29,30)18-8-5-16(24)6-9-18/h5-12H,13H2,1-4H3. The third-order valence-corrected chi connectivity index (χ3v) is 8.94. The highest BCUT2D eigenvalue weighted by Gasteiger charge is 2.32. The van der Waals surface area contributed by atoms with E-state index in [-0.39, 0.29) is 21.3 Å². The first-order chi connectivity index (χ1) is 16.2. The average molecular weight is 564 g/mol. The topological polar surface area (TPSA) is 106 Å². The molecule has 1 atom stereocenters. The largest absolute Gasteiger partial charge is 0.609 e. The van der Waals surface area contributed by atoms with Crippen LogP contribution in [0.25, 0.3) is 11.0 Å². The molecule has 4 aromatic rings. The molecular weight excluding hydrogens is 542 g/mol. The van der Waals surface area contributed by atoms with Crippen LogP contribution in [0, 0.1) is 13.8 Å². The molecule has 0 aliphatic rings. The molecule has 178 valence electrons. The van der Waals surface area contributed by atoms with Crippen LogP contribution in [-0.4, -0.2) is 41.1 Å². The number of halogens is 1. The molecule has 8 nitrogen and oxygen atoms in total. The van der Waals surface area contributed by atoms with Gasteiger partial charge in [0.25, 0.3) is 10.0 Å². The molecule has 0 saturated heterocycles. The van der Waals surface area contributed by atoms with Crippen LogP contribution in [0.1, 0.15) is 16.8 Å². The Labute approximate surface area is 209 Å². The minimum atomic E-state index is -4.12. The minimum absolute atomic E-state index is 0.0290. The Balaban J connectivity index is 1.88. The second-order valence-electron chi connectivity index (χ2n) is 7.51. The van der Waals surface area contributed by atoms with Crippen molar-refractivity contribution in [2.75, 3.05) is 14.2 Å². The van der Waals surface area contributed by atoms with Crippen molar-refractivity contribution in [3.63, 3.8) is 0 Å². The van der Waals surface area contributed by atoms with Gasteiger partial charge in [0.15, 0.2) is 5.75 Å². The van der Waals surface area contributed by atoms with Gasteiger partial charge in [0.05, 0.1) is 35.8 Å². The summed E-state index contributed by atoms with van der Waals surface area (Å²) in [5, 5.41) is -0.0908. The molecule has 0 amide bonds. The van der Waals surface area contributed by atoms with Gasteiger partial charge in [-0.1, -0.05) is 15.9 Å². The summed E-state index contributed by atoms with van der Waals surface area (Å²) in [5.41, 5.74) is 2.80. The second-order valence-corrected chi connectivity index (χ2v) is 11.6. The fourth-order valence-electron chi connectivity index (χ4n) is 3.63. The fourth-order valence-corrected chi connectivity index (χ4v) is 6.93. The summed E-state index contributed by atoms with van der Waals surface area (Å²) < 4.78 is 53.5. The Morgan fingerprint density at radius 2 is 1.79 bits per heavy atom. The van der Waals surface area contributed by atoms with E-state index in [1.165, 1.54) is 19.2 Å². The Morgan fingerprint density at radius 1 is 1.09 bits per heavy atom. The first kappa shape index (κ1) is 24.5. The molecule has 2 aromatic carbocycles. The maximum absolute atomic E-state index is 13.7. The molecule has 0 spiro atoms. The summed E-state index contributed by atoms with van der Waals surface area (Å²) in [6.45, 7) is 3.70. The van der Waals surface area contributed by atoms with Crippen molar-refractivity contribution < 1.29 is 22.4 Å². The quantitative estimate of drug-likeness (QED) is 0.307. The zero-order chi connectivity index (χ0) is 24.6. The van der Waals surface area contributed by atoms with E-state index in [1.54, 1.807) is 43.6 Å². The summed E-state index contributed by atoms with van der Waals surface area (Å²) in [4.78, 5) is 8.90. The van der Waals surface area contributed by atoms with Crippen LogP contribution in [0.3, 0.4) is 0 Å². The van der Waals surface area contributed by atoms with E-state index >= 15 is 0 Å².